The number of aromatic nitrogens is 3. The third-order valence-electron chi connectivity index (χ3n) is 2.66. The highest BCUT2D eigenvalue weighted by molar-refractivity contribution is 9.10. The van der Waals surface area contributed by atoms with E-state index in [1.54, 1.807) is 6.33 Å². The molecule has 0 radical (unpaired) electrons. The van der Waals surface area contributed by atoms with E-state index >= 15 is 0 Å². The fourth-order valence-corrected chi connectivity index (χ4v) is 2.55. The molecule has 0 spiro atoms. The zero-order chi connectivity index (χ0) is 11.8. The molecule has 0 fully saturated rings. The molecule has 0 amide bonds. The summed E-state index contributed by atoms with van der Waals surface area (Å²) in [5, 5.41) is 9.01. The predicted molar refractivity (Wildman–Crippen MR) is 74.0 cm³/mol. The minimum Gasteiger partial charge on any atom is -0.274 e. The fraction of sp³-hybridized carbons (Fsp3) is 0. The largest absolute Gasteiger partial charge is 0.274 e. The van der Waals surface area contributed by atoms with Crippen LogP contribution in [0.5, 0.6) is 0 Å². The number of H-pyrrole nitrogens is 1. The van der Waals surface area contributed by atoms with Crippen LogP contribution in [-0.2, 0) is 0 Å². The Labute approximate surface area is 111 Å². The molecule has 1 heterocycles. The van der Waals surface area contributed by atoms with Gasteiger partial charge in [-0.2, -0.15) is 5.10 Å². The summed E-state index contributed by atoms with van der Waals surface area (Å²) in [6.07, 6.45) is 1.69. The summed E-state index contributed by atoms with van der Waals surface area (Å²) in [7, 11) is 0. The number of nitrogens with zero attached hydrogens (tertiary/aromatic N) is 2. The van der Waals surface area contributed by atoms with Gasteiger partial charge in [-0.3, -0.25) is 9.67 Å². The summed E-state index contributed by atoms with van der Waals surface area (Å²) in [5.74, 6) is 0. The van der Waals surface area contributed by atoms with Gasteiger partial charge in [0, 0.05) is 9.86 Å². The number of aromatic amines is 1. The molecule has 0 unspecified atom stereocenters. The molecule has 0 bridgehead atoms. The molecule has 0 aliphatic rings. The van der Waals surface area contributed by atoms with Crippen molar-refractivity contribution in [2.45, 2.75) is 0 Å². The van der Waals surface area contributed by atoms with Crippen LogP contribution in [0.15, 0.2) is 47.2 Å². The van der Waals surface area contributed by atoms with E-state index in [0.29, 0.717) is 4.77 Å². The number of rotatable bonds is 1. The Morgan fingerprint density at radius 2 is 1.88 bits per heavy atom. The summed E-state index contributed by atoms with van der Waals surface area (Å²) in [6.45, 7) is 0. The molecule has 3 rings (SSSR count). The summed E-state index contributed by atoms with van der Waals surface area (Å²) >= 11 is 8.75. The molecular weight excluding hydrogens is 298 g/mol. The minimum absolute atomic E-state index is 0.595. The lowest BCUT2D eigenvalue weighted by Gasteiger charge is -2.08. The zero-order valence-corrected chi connectivity index (χ0v) is 11.1. The second kappa shape index (κ2) is 4.09. The first kappa shape index (κ1) is 10.7. The highest BCUT2D eigenvalue weighted by atomic mass is 79.9. The first-order valence-electron chi connectivity index (χ1n) is 5.07. The standard InChI is InChI=1S/C12H8BrN3S/c13-10-5-6-11(16-7-14-15-12(16)17)9-4-2-1-3-8(9)10/h1-7H,(H,15,17). The number of halogens is 1. The van der Waals surface area contributed by atoms with Crippen LogP contribution in [0.2, 0.25) is 0 Å². The van der Waals surface area contributed by atoms with Gasteiger partial charge in [0.05, 0.1) is 5.69 Å². The Balaban J connectivity index is 2.43. The van der Waals surface area contributed by atoms with Gasteiger partial charge in [-0.05, 0) is 29.7 Å². The quantitative estimate of drug-likeness (QED) is 0.693. The number of benzene rings is 2. The highest BCUT2D eigenvalue weighted by Crippen LogP contribution is 2.28. The van der Waals surface area contributed by atoms with Crippen molar-refractivity contribution >= 4 is 38.9 Å². The fourth-order valence-electron chi connectivity index (χ4n) is 1.88. The van der Waals surface area contributed by atoms with Crippen LogP contribution in [0, 0.1) is 4.77 Å². The lowest BCUT2D eigenvalue weighted by atomic mass is 10.1. The molecule has 5 heteroatoms. The molecule has 1 N–H and O–H groups in total. The maximum absolute atomic E-state index is 5.20. The monoisotopic (exact) mass is 305 g/mol. The maximum atomic E-state index is 5.20. The van der Waals surface area contributed by atoms with Crippen molar-refractivity contribution in [3.8, 4) is 5.69 Å². The van der Waals surface area contributed by atoms with Crippen LogP contribution in [0.3, 0.4) is 0 Å². The van der Waals surface area contributed by atoms with Crippen molar-refractivity contribution in [1.82, 2.24) is 14.8 Å². The van der Waals surface area contributed by atoms with Crippen molar-refractivity contribution in [2.75, 3.05) is 0 Å². The smallest absolute Gasteiger partial charge is 0.199 e. The van der Waals surface area contributed by atoms with Crippen LogP contribution in [-0.4, -0.2) is 14.8 Å². The molecule has 0 aliphatic carbocycles. The number of nitrogens with one attached hydrogen (secondary N) is 1. The Hall–Kier alpha value is -1.46. The van der Waals surface area contributed by atoms with Crippen molar-refractivity contribution in [3.05, 3.63) is 52.0 Å². The first-order valence-corrected chi connectivity index (χ1v) is 6.27. The van der Waals surface area contributed by atoms with E-state index in [4.69, 9.17) is 12.2 Å². The lowest BCUT2D eigenvalue weighted by molar-refractivity contribution is 1.04. The molecular formula is C12H8BrN3S. The van der Waals surface area contributed by atoms with Gasteiger partial charge >= 0.3 is 0 Å². The van der Waals surface area contributed by atoms with Gasteiger partial charge in [0.15, 0.2) is 4.77 Å². The van der Waals surface area contributed by atoms with Gasteiger partial charge in [-0.1, -0.05) is 40.2 Å². The molecule has 0 saturated carbocycles. The Bertz CT molecular complexity index is 745. The maximum Gasteiger partial charge on any atom is 0.199 e. The normalized spacial score (nSPS) is 10.9. The Morgan fingerprint density at radius 1 is 1.12 bits per heavy atom. The molecule has 0 atom stereocenters. The lowest BCUT2D eigenvalue weighted by Crippen LogP contribution is -1.93. The van der Waals surface area contributed by atoms with E-state index in [2.05, 4.69) is 38.3 Å². The highest BCUT2D eigenvalue weighted by Gasteiger charge is 2.06. The minimum atomic E-state index is 0.595. The number of hydrogen-bond acceptors (Lipinski definition) is 2. The molecule has 0 saturated heterocycles. The number of hydrogen-bond donors (Lipinski definition) is 1. The molecule has 1 aromatic heterocycles. The van der Waals surface area contributed by atoms with E-state index in [1.807, 2.05) is 28.8 Å². The molecule has 3 aromatic rings. The van der Waals surface area contributed by atoms with E-state index in [-0.39, 0.29) is 0 Å². The summed E-state index contributed by atoms with van der Waals surface area (Å²) in [4.78, 5) is 0. The first-order chi connectivity index (χ1) is 8.27. The zero-order valence-electron chi connectivity index (χ0n) is 8.72. The second-order valence-corrected chi connectivity index (χ2v) is 4.88. The van der Waals surface area contributed by atoms with Gasteiger partial charge in [-0.15, -0.1) is 0 Å². The summed E-state index contributed by atoms with van der Waals surface area (Å²) in [6, 6.07) is 12.2. The Kier molecular flexibility index (Phi) is 2.57. The molecule has 84 valence electrons. The van der Waals surface area contributed by atoms with Crippen LogP contribution in [0.1, 0.15) is 0 Å². The van der Waals surface area contributed by atoms with Crippen LogP contribution in [0.25, 0.3) is 16.5 Å². The molecule has 2 aromatic carbocycles. The van der Waals surface area contributed by atoms with Gasteiger partial charge in [-0.25, -0.2) is 0 Å². The van der Waals surface area contributed by atoms with Crippen LogP contribution >= 0.6 is 28.1 Å². The SMILES string of the molecule is S=c1[nH]ncn1-c1ccc(Br)c2ccccc12. The number of fused-ring (bicyclic) bond motifs is 1. The van der Waals surface area contributed by atoms with Crippen molar-refractivity contribution in [1.29, 1.82) is 0 Å². The van der Waals surface area contributed by atoms with E-state index < -0.39 is 0 Å². The average molecular weight is 306 g/mol. The van der Waals surface area contributed by atoms with Gasteiger partial charge in [0.25, 0.3) is 0 Å². The van der Waals surface area contributed by atoms with E-state index in [0.717, 1.165) is 20.9 Å². The molecule has 0 aliphatic heterocycles. The van der Waals surface area contributed by atoms with Crippen LogP contribution in [0.4, 0.5) is 0 Å². The molecule has 3 nitrogen and oxygen atoms in total. The van der Waals surface area contributed by atoms with Gasteiger partial charge < -0.3 is 0 Å². The third kappa shape index (κ3) is 1.71. The topological polar surface area (TPSA) is 33.6 Å². The van der Waals surface area contributed by atoms with Crippen molar-refractivity contribution in [3.63, 3.8) is 0 Å². The van der Waals surface area contributed by atoms with E-state index in [1.165, 1.54) is 0 Å². The van der Waals surface area contributed by atoms with Gasteiger partial charge in [0.2, 0.25) is 0 Å². The summed E-state index contributed by atoms with van der Waals surface area (Å²) < 4.78 is 3.54. The Morgan fingerprint density at radius 3 is 2.59 bits per heavy atom. The van der Waals surface area contributed by atoms with Gasteiger partial charge in [0.1, 0.15) is 6.33 Å². The van der Waals surface area contributed by atoms with E-state index in [9.17, 15) is 0 Å². The predicted octanol–water partition coefficient (Wildman–Crippen LogP) is 3.85. The second-order valence-electron chi connectivity index (χ2n) is 3.64. The summed E-state index contributed by atoms with van der Waals surface area (Å²) in [5.41, 5.74) is 1.03. The molecule has 17 heavy (non-hydrogen) atoms. The third-order valence-corrected chi connectivity index (χ3v) is 3.64. The van der Waals surface area contributed by atoms with Crippen molar-refractivity contribution < 1.29 is 0 Å². The van der Waals surface area contributed by atoms with Crippen LogP contribution < -0.4 is 0 Å². The average Bonchev–Trinajstić information content (AvgIpc) is 2.77. The van der Waals surface area contributed by atoms with Crippen molar-refractivity contribution in [2.24, 2.45) is 0 Å².